The van der Waals surface area contributed by atoms with E-state index in [0.717, 1.165) is 51.4 Å². The standard InChI is InChI=1S/C18H38N4O.HI/c1-4-9-16(11-13-23)14-20-18(19-5-2)21-15-17-10-7-8-12-22(17)6-3;/h16-17,23H,4-15H2,1-3H3,(H2,19,20,21);1H. The highest BCUT2D eigenvalue weighted by Gasteiger charge is 2.20. The van der Waals surface area contributed by atoms with Gasteiger partial charge in [-0.1, -0.05) is 26.7 Å². The average molecular weight is 454 g/mol. The summed E-state index contributed by atoms with van der Waals surface area (Å²) in [6.07, 6.45) is 7.09. The van der Waals surface area contributed by atoms with Crippen LogP contribution in [0.15, 0.2) is 4.99 Å². The summed E-state index contributed by atoms with van der Waals surface area (Å²) in [6, 6.07) is 0.626. The number of guanidine groups is 1. The minimum absolute atomic E-state index is 0. The Balaban J connectivity index is 0.00000529. The van der Waals surface area contributed by atoms with Crippen LogP contribution in [0, 0.1) is 5.92 Å². The molecule has 1 saturated heterocycles. The maximum atomic E-state index is 9.18. The van der Waals surface area contributed by atoms with Crippen LogP contribution in [-0.4, -0.2) is 61.3 Å². The molecule has 0 aromatic heterocycles. The summed E-state index contributed by atoms with van der Waals surface area (Å²) in [4.78, 5) is 7.33. The van der Waals surface area contributed by atoms with Crippen molar-refractivity contribution in [1.82, 2.24) is 15.5 Å². The number of likely N-dealkylation sites (tertiary alicyclic amines) is 1. The number of hydrogen-bond donors (Lipinski definition) is 3. The van der Waals surface area contributed by atoms with Gasteiger partial charge in [-0.05, 0) is 51.6 Å². The molecule has 1 fully saturated rings. The van der Waals surface area contributed by atoms with E-state index in [-0.39, 0.29) is 30.6 Å². The zero-order valence-electron chi connectivity index (χ0n) is 15.9. The predicted molar refractivity (Wildman–Crippen MR) is 114 cm³/mol. The highest BCUT2D eigenvalue weighted by Crippen LogP contribution is 2.15. The van der Waals surface area contributed by atoms with E-state index in [9.17, 15) is 5.11 Å². The molecule has 0 amide bonds. The Hall–Kier alpha value is -0.0800. The van der Waals surface area contributed by atoms with Crippen LogP contribution < -0.4 is 10.6 Å². The molecule has 0 aromatic rings. The largest absolute Gasteiger partial charge is 0.396 e. The molecule has 1 heterocycles. The Morgan fingerprint density at radius 2 is 2.00 bits per heavy atom. The molecule has 0 spiro atoms. The second-order valence-corrected chi connectivity index (χ2v) is 6.55. The quantitative estimate of drug-likeness (QED) is 0.270. The van der Waals surface area contributed by atoms with Gasteiger partial charge >= 0.3 is 0 Å². The highest BCUT2D eigenvalue weighted by molar-refractivity contribution is 14.0. The number of aliphatic imine (C=N–C) groups is 1. The van der Waals surface area contributed by atoms with Gasteiger partial charge in [-0.15, -0.1) is 24.0 Å². The zero-order valence-corrected chi connectivity index (χ0v) is 18.2. The number of nitrogens with zero attached hydrogens (tertiary/aromatic N) is 2. The molecule has 1 aliphatic rings. The van der Waals surface area contributed by atoms with E-state index in [1.165, 1.54) is 25.8 Å². The monoisotopic (exact) mass is 454 g/mol. The number of rotatable bonds is 10. The summed E-state index contributed by atoms with van der Waals surface area (Å²) in [5, 5.41) is 16.1. The SMILES string of the molecule is CCCC(CCO)CN=C(NCC)NCC1CCCCN1CC.I. The van der Waals surface area contributed by atoms with Gasteiger partial charge in [0.1, 0.15) is 0 Å². The molecule has 0 saturated carbocycles. The fourth-order valence-electron chi connectivity index (χ4n) is 3.40. The van der Waals surface area contributed by atoms with Crippen LogP contribution in [0.5, 0.6) is 0 Å². The minimum atomic E-state index is 0. The molecule has 144 valence electrons. The van der Waals surface area contributed by atoms with E-state index >= 15 is 0 Å². The van der Waals surface area contributed by atoms with Crippen molar-refractivity contribution in [2.75, 3.05) is 39.3 Å². The lowest BCUT2D eigenvalue weighted by atomic mass is 10.0. The van der Waals surface area contributed by atoms with Crippen molar-refractivity contribution in [2.24, 2.45) is 10.9 Å². The van der Waals surface area contributed by atoms with E-state index in [2.05, 4.69) is 36.3 Å². The molecule has 2 unspecified atom stereocenters. The number of nitrogens with one attached hydrogen (secondary N) is 2. The van der Waals surface area contributed by atoms with E-state index < -0.39 is 0 Å². The maximum absolute atomic E-state index is 9.18. The minimum Gasteiger partial charge on any atom is -0.396 e. The zero-order chi connectivity index (χ0) is 16.9. The van der Waals surface area contributed by atoms with E-state index in [1.54, 1.807) is 0 Å². The van der Waals surface area contributed by atoms with Gasteiger partial charge in [0.15, 0.2) is 5.96 Å². The molecule has 3 N–H and O–H groups in total. The second kappa shape index (κ2) is 15.2. The Labute approximate surface area is 166 Å². The van der Waals surface area contributed by atoms with E-state index in [1.807, 2.05) is 0 Å². The number of aliphatic hydroxyl groups excluding tert-OH is 1. The van der Waals surface area contributed by atoms with Crippen molar-refractivity contribution >= 4 is 29.9 Å². The fourth-order valence-corrected chi connectivity index (χ4v) is 3.40. The van der Waals surface area contributed by atoms with Crippen molar-refractivity contribution < 1.29 is 5.11 Å². The second-order valence-electron chi connectivity index (χ2n) is 6.55. The average Bonchev–Trinajstić information content (AvgIpc) is 2.57. The van der Waals surface area contributed by atoms with Gasteiger partial charge in [-0.3, -0.25) is 9.89 Å². The third-order valence-electron chi connectivity index (χ3n) is 4.75. The number of hydrogen-bond acceptors (Lipinski definition) is 3. The number of piperidine rings is 1. The van der Waals surface area contributed by atoms with Gasteiger partial charge in [0, 0.05) is 32.3 Å². The van der Waals surface area contributed by atoms with Gasteiger partial charge in [0.25, 0.3) is 0 Å². The predicted octanol–water partition coefficient (Wildman–Crippen LogP) is 2.83. The first kappa shape index (κ1) is 23.9. The number of aliphatic hydroxyl groups is 1. The van der Waals surface area contributed by atoms with Crippen LogP contribution in [-0.2, 0) is 0 Å². The van der Waals surface area contributed by atoms with Gasteiger partial charge in [-0.2, -0.15) is 0 Å². The third kappa shape index (κ3) is 9.42. The molecular weight excluding hydrogens is 415 g/mol. The van der Waals surface area contributed by atoms with Crippen LogP contribution in [0.25, 0.3) is 0 Å². The van der Waals surface area contributed by atoms with Crippen molar-refractivity contribution in [3.05, 3.63) is 0 Å². The molecule has 24 heavy (non-hydrogen) atoms. The third-order valence-corrected chi connectivity index (χ3v) is 4.75. The van der Waals surface area contributed by atoms with Crippen molar-refractivity contribution in [1.29, 1.82) is 0 Å². The van der Waals surface area contributed by atoms with Crippen LogP contribution in [0.1, 0.15) is 59.3 Å². The van der Waals surface area contributed by atoms with E-state index in [4.69, 9.17) is 4.99 Å². The van der Waals surface area contributed by atoms with Crippen LogP contribution in [0.3, 0.4) is 0 Å². The summed E-state index contributed by atoms with van der Waals surface area (Å²) in [7, 11) is 0. The number of likely N-dealkylation sites (N-methyl/N-ethyl adjacent to an activating group) is 1. The smallest absolute Gasteiger partial charge is 0.191 e. The molecule has 2 atom stereocenters. The summed E-state index contributed by atoms with van der Waals surface area (Å²) >= 11 is 0. The number of halogens is 1. The molecule has 1 aliphatic heterocycles. The molecule has 0 aliphatic carbocycles. The lowest BCUT2D eigenvalue weighted by Gasteiger charge is -2.35. The fraction of sp³-hybridized carbons (Fsp3) is 0.944. The van der Waals surface area contributed by atoms with Crippen molar-refractivity contribution in [2.45, 2.75) is 65.3 Å². The topological polar surface area (TPSA) is 59.9 Å². The molecular formula is C18H39IN4O. The Bertz CT molecular complexity index is 322. The van der Waals surface area contributed by atoms with Crippen LogP contribution >= 0.6 is 24.0 Å². The molecule has 1 rings (SSSR count). The Morgan fingerprint density at radius 1 is 1.21 bits per heavy atom. The van der Waals surface area contributed by atoms with Gasteiger partial charge in [0.05, 0.1) is 0 Å². The van der Waals surface area contributed by atoms with Gasteiger partial charge < -0.3 is 15.7 Å². The first-order valence-electron chi connectivity index (χ1n) is 9.62. The van der Waals surface area contributed by atoms with Crippen molar-refractivity contribution in [3.63, 3.8) is 0 Å². The Morgan fingerprint density at radius 3 is 2.62 bits per heavy atom. The van der Waals surface area contributed by atoms with Crippen LogP contribution in [0.2, 0.25) is 0 Å². The maximum Gasteiger partial charge on any atom is 0.191 e. The van der Waals surface area contributed by atoms with Crippen molar-refractivity contribution in [3.8, 4) is 0 Å². The van der Waals surface area contributed by atoms with Gasteiger partial charge in [-0.25, -0.2) is 0 Å². The Kier molecular flexibility index (Phi) is 15.1. The molecule has 0 radical (unpaired) electrons. The lowest BCUT2D eigenvalue weighted by Crippen LogP contribution is -2.49. The first-order valence-corrected chi connectivity index (χ1v) is 9.62. The molecule has 0 bridgehead atoms. The van der Waals surface area contributed by atoms with Crippen LogP contribution in [0.4, 0.5) is 0 Å². The normalized spacial score (nSPS) is 20.3. The summed E-state index contributed by atoms with van der Waals surface area (Å²) in [5.41, 5.74) is 0. The molecule has 0 aromatic carbocycles. The summed E-state index contributed by atoms with van der Waals surface area (Å²) in [6.45, 7) is 11.8. The van der Waals surface area contributed by atoms with E-state index in [0.29, 0.717) is 12.0 Å². The molecule has 6 heteroatoms. The summed E-state index contributed by atoms with van der Waals surface area (Å²) < 4.78 is 0. The molecule has 5 nitrogen and oxygen atoms in total. The highest BCUT2D eigenvalue weighted by atomic mass is 127. The van der Waals surface area contributed by atoms with Gasteiger partial charge in [0.2, 0.25) is 0 Å². The lowest BCUT2D eigenvalue weighted by molar-refractivity contribution is 0.157. The first-order chi connectivity index (χ1) is 11.2. The summed E-state index contributed by atoms with van der Waals surface area (Å²) in [5.74, 6) is 1.41.